The zero-order chi connectivity index (χ0) is 42.0. The minimum atomic E-state index is -1.05. The molecular weight excluding hydrogens is 741 g/mol. The highest BCUT2D eigenvalue weighted by Crippen LogP contribution is 2.47. The van der Waals surface area contributed by atoms with Crippen molar-refractivity contribution in [2.75, 3.05) is 18.0 Å². The molecule has 6 heteroatoms. The van der Waals surface area contributed by atoms with Gasteiger partial charge in [-0.3, -0.25) is 0 Å². The van der Waals surface area contributed by atoms with Gasteiger partial charge in [-0.1, -0.05) is 132 Å². The van der Waals surface area contributed by atoms with E-state index >= 15 is 0 Å². The van der Waals surface area contributed by atoms with Crippen LogP contribution in [0, 0.1) is 34.0 Å². The Balaban J connectivity index is 1.51. The molecule has 1 saturated carbocycles. The monoisotopic (exact) mass is 804 g/mol. The van der Waals surface area contributed by atoms with Gasteiger partial charge in [0, 0.05) is 34.1 Å². The number of benzene rings is 2. The Labute approximate surface area is 359 Å². The molecule has 2 aromatic carbocycles. The van der Waals surface area contributed by atoms with Crippen LogP contribution >= 0.6 is 11.3 Å². The van der Waals surface area contributed by atoms with Crippen LogP contribution in [0.15, 0.2) is 89.2 Å². The van der Waals surface area contributed by atoms with E-state index in [1.54, 1.807) is 0 Å². The highest BCUT2D eigenvalue weighted by atomic mass is 32.1. The third-order valence-electron chi connectivity index (χ3n) is 12.2. The number of anilines is 1. The predicted octanol–water partition coefficient (Wildman–Crippen LogP) is 14.7. The molecule has 0 saturated heterocycles. The quantitative estimate of drug-likeness (QED) is 0.0645. The number of unbranched alkanes of at least 4 members (excludes halogenated alkanes) is 6. The van der Waals surface area contributed by atoms with Gasteiger partial charge < -0.3 is 9.64 Å². The molecule has 1 fully saturated rings. The zero-order valence-corrected chi connectivity index (χ0v) is 37.1. The molecule has 2 aliphatic rings. The fourth-order valence-electron chi connectivity index (χ4n) is 8.72. The van der Waals surface area contributed by atoms with Crippen molar-refractivity contribution >= 4 is 35.3 Å². The van der Waals surface area contributed by atoms with E-state index in [0.29, 0.717) is 11.5 Å². The number of hydrogen-bond donors (Lipinski definition) is 0. The minimum Gasteiger partial charge on any atom is -0.474 e. The summed E-state index contributed by atoms with van der Waals surface area (Å²) < 4.78 is 6.50. The first-order valence-corrected chi connectivity index (χ1v) is 23.2. The molecule has 2 heterocycles. The molecule has 0 amide bonds. The zero-order valence-electron chi connectivity index (χ0n) is 36.3. The van der Waals surface area contributed by atoms with Crippen LogP contribution in [0.5, 0.6) is 0 Å². The Bertz CT molecular complexity index is 2100. The van der Waals surface area contributed by atoms with Crippen LogP contribution in [0.1, 0.15) is 162 Å². The highest BCUT2D eigenvalue weighted by Gasteiger charge is 2.43. The van der Waals surface area contributed by atoms with E-state index < -0.39 is 5.60 Å². The summed E-state index contributed by atoms with van der Waals surface area (Å²) in [7, 11) is 0. The van der Waals surface area contributed by atoms with Gasteiger partial charge in [-0.25, -0.2) is 0 Å². The third kappa shape index (κ3) is 11.4. The van der Waals surface area contributed by atoms with Gasteiger partial charge in [0.1, 0.15) is 23.8 Å². The summed E-state index contributed by atoms with van der Waals surface area (Å²) in [5.41, 5.74) is 7.26. The summed E-state index contributed by atoms with van der Waals surface area (Å²) in [5.74, 6) is 0.620. The lowest BCUT2D eigenvalue weighted by atomic mass is 9.81. The number of ether oxygens (including phenoxy) is 1. The summed E-state index contributed by atoms with van der Waals surface area (Å²) in [6.45, 7) is 12.9. The van der Waals surface area contributed by atoms with E-state index in [4.69, 9.17) is 4.74 Å². The average Bonchev–Trinajstić information content (AvgIpc) is 3.76. The van der Waals surface area contributed by atoms with Crippen molar-refractivity contribution in [1.82, 2.24) is 0 Å². The molecule has 0 radical (unpaired) electrons. The fraction of sp³-hybridized carbons (Fsp3) is 0.453. The van der Waals surface area contributed by atoms with Gasteiger partial charge in [-0.05, 0) is 117 Å². The smallest absolute Gasteiger partial charge is 0.172 e. The molecule has 0 bridgehead atoms. The predicted molar refractivity (Wildman–Crippen MR) is 249 cm³/mol. The molecule has 5 rings (SSSR count). The second-order valence-electron chi connectivity index (χ2n) is 16.1. The van der Waals surface area contributed by atoms with Crippen LogP contribution in [-0.4, -0.2) is 13.1 Å². The number of rotatable bonds is 20. The molecule has 1 atom stereocenters. The van der Waals surface area contributed by atoms with E-state index in [-0.39, 0.29) is 16.9 Å². The van der Waals surface area contributed by atoms with Crippen LogP contribution in [-0.2, 0) is 23.2 Å². The van der Waals surface area contributed by atoms with Gasteiger partial charge in [-0.2, -0.15) is 15.8 Å². The lowest BCUT2D eigenvalue weighted by Crippen LogP contribution is -2.23. The number of thiophene rings is 1. The van der Waals surface area contributed by atoms with Crippen molar-refractivity contribution in [2.24, 2.45) is 0 Å². The number of hydrogen-bond acceptors (Lipinski definition) is 6. The summed E-state index contributed by atoms with van der Waals surface area (Å²) in [4.78, 5) is 4.99. The lowest BCUT2D eigenvalue weighted by Gasteiger charge is -2.28. The summed E-state index contributed by atoms with van der Waals surface area (Å²) in [6, 6.07) is 23.7. The van der Waals surface area contributed by atoms with Gasteiger partial charge in [0.2, 0.25) is 0 Å². The number of nitriles is 3. The second-order valence-corrected chi connectivity index (χ2v) is 17.2. The lowest BCUT2D eigenvalue weighted by molar-refractivity contribution is 0.0754. The van der Waals surface area contributed by atoms with Crippen molar-refractivity contribution in [3.05, 3.63) is 127 Å². The molecule has 0 spiro atoms. The maximum Gasteiger partial charge on any atom is 0.172 e. The first-order chi connectivity index (χ1) is 28.8. The van der Waals surface area contributed by atoms with Crippen molar-refractivity contribution in [3.8, 4) is 18.2 Å². The van der Waals surface area contributed by atoms with E-state index in [1.807, 2.05) is 42.6 Å². The Kier molecular flexibility index (Phi) is 17.5. The molecule has 1 aliphatic heterocycles. The Morgan fingerprint density at radius 1 is 0.729 bits per heavy atom. The van der Waals surface area contributed by atoms with Crippen LogP contribution in [0.4, 0.5) is 5.69 Å². The molecule has 3 aromatic rings. The third-order valence-corrected chi connectivity index (χ3v) is 13.4. The van der Waals surface area contributed by atoms with Crippen LogP contribution in [0.2, 0.25) is 0 Å². The molecule has 1 aromatic heterocycles. The fourth-order valence-corrected chi connectivity index (χ4v) is 9.93. The van der Waals surface area contributed by atoms with E-state index in [2.05, 4.69) is 111 Å². The second kappa shape index (κ2) is 22.9. The van der Waals surface area contributed by atoms with Gasteiger partial charge >= 0.3 is 0 Å². The molecular formula is C53H64N4OS. The summed E-state index contributed by atoms with van der Waals surface area (Å²) in [6.07, 6.45) is 31.0. The largest absolute Gasteiger partial charge is 0.474 e. The van der Waals surface area contributed by atoms with Crippen molar-refractivity contribution in [1.29, 1.82) is 15.8 Å². The van der Waals surface area contributed by atoms with Gasteiger partial charge in [-0.15, -0.1) is 11.3 Å². The number of allylic oxidation sites excluding steroid dienone is 4. The van der Waals surface area contributed by atoms with Crippen LogP contribution in [0.3, 0.4) is 0 Å². The summed E-state index contributed by atoms with van der Waals surface area (Å²) in [5, 5.41) is 30.2. The molecule has 1 aliphatic carbocycles. The first-order valence-electron chi connectivity index (χ1n) is 22.4. The normalized spacial score (nSPS) is 17.2. The van der Waals surface area contributed by atoms with Gasteiger partial charge in [0.25, 0.3) is 0 Å². The van der Waals surface area contributed by atoms with E-state index in [9.17, 15) is 15.8 Å². The Morgan fingerprint density at radius 2 is 1.32 bits per heavy atom. The highest BCUT2D eigenvalue weighted by molar-refractivity contribution is 7.14. The topological polar surface area (TPSA) is 83.8 Å². The summed E-state index contributed by atoms with van der Waals surface area (Å²) >= 11 is 1.87. The Hall–Kier alpha value is -5.09. The average molecular weight is 805 g/mol. The van der Waals surface area contributed by atoms with Crippen LogP contribution in [0.25, 0.3) is 18.2 Å². The maximum absolute atomic E-state index is 10.5. The molecule has 59 heavy (non-hydrogen) atoms. The Morgan fingerprint density at radius 3 is 1.88 bits per heavy atom. The number of nitrogens with zero attached hydrogens (tertiary/aromatic N) is 4. The van der Waals surface area contributed by atoms with Crippen molar-refractivity contribution in [2.45, 2.75) is 142 Å². The SMILES string of the molecule is CCCCCCc1c(/C=C/C=C/C2=C(C#N)C(=C(C#N)C#N)OC2(C)c2ccc(C3CCCCC3)cc2)sc(/C=C/c2ccc(N(CC)CC)cc2)c1CCCCCC. The van der Waals surface area contributed by atoms with Crippen molar-refractivity contribution in [3.63, 3.8) is 0 Å². The van der Waals surface area contributed by atoms with E-state index in [0.717, 1.165) is 31.5 Å². The van der Waals surface area contributed by atoms with Crippen LogP contribution < -0.4 is 4.90 Å². The molecule has 1 unspecified atom stereocenters. The van der Waals surface area contributed by atoms with Crippen molar-refractivity contribution < 1.29 is 4.74 Å². The van der Waals surface area contributed by atoms with Gasteiger partial charge in [0.15, 0.2) is 16.9 Å². The molecule has 0 N–H and O–H groups in total. The standard InChI is InChI=1S/C53H64N4OS/c1-6-10-12-17-23-46-47(24-18-13-11-7-2)51(36-29-40-27-34-45(35-28-40)57(8-3)9-4)59-50(46)26-20-19-25-49-48(39-56)52(43(37-54)38-55)58-53(49,5)44-32-30-42(31-33-44)41-21-15-14-16-22-41/h19-20,25-36,41H,6-18,21-24H2,1-5H3/b25-19+,26-20+,36-29+. The maximum atomic E-state index is 10.5. The minimum absolute atomic E-state index is 0.0550. The van der Waals surface area contributed by atoms with E-state index in [1.165, 1.54) is 121 Å². The van der Waals surface area contributed by atoms with Gasteiger partial charge in [0.05, 0.1) is 0 Å². The first kappa shape index (κ1) is 45.0. The molecule has 5 nitrogen and oxygen atoms in total. The molecule has 308 valence electrons.